The van der Waals surface area contributed by atoms with Crippen LogP contribution in [0.4, 0.5) is 0 Å². The molecule has 0 aromatic heterocycles. The van der Waals surface area contributed by atoms with Crippen molar-refractivity contribution in [3.05, 3.63) is 29.8 Å². The Balaban J connectivity index is 2.10. The molecular weight excluding hydrogens is 238 g/mol. The van der Waals surface area contributed by atoms with Gasteiger partial charge in [-0.25, -0.2) is 0 Å². The molecule has 4 nitrogen and oxygen atoms in total. The van der Waals surface area contributed by atoms with Crippen LogP contribution in [-0.2, 0) is 9.53 Å². The average molecular weight is 251 g/mol. The van der Waals surface area contributed by atoms with E-state index in [-0.39, 0.29) is 18.3 Å². The molecule has 1 aliphatic rings. The lowest BCUT2D eigenvalue weighted by atomic mass is 10.0. The summed E-state index contributed by atoms with van der Waals surface area (Å²) in [5, 5.41) is 2.68. The summed E-state index contributed by atoms with van der Waals surface area (Å²) in [7, 11) is 1.45. The Hall–Kier alpha value is -1.33. The summed E-state index contributed by atoms with van der Waals surface area (Å²) < 4.78 is 4.72. The lowest BCUT2D eigenvalue weighted by molar-refractivity contribution is -0.125. The van der Waals surface area contributed by atoms with E-state index in [4.69, 9.17) is 4.74 Å². The zero-order valence-electron chi connectivity index (χ0n) is 9.43. The topological polar surface area (TPSA) is 55.4 Å². The maximum absolute atomic E-state index is 12.1. The molecule has 1 amide bonds. The highest BCUT2D eigenvalue weighted by atomic mass is 32.2. The van der Waals surface area contributed by atoms with Crippen molar-refractivity contribution in [2.75, 3.05) is 19.5 Å². The van der Waals surface area contributed by atoms with Gasteiger partial charge in [0.1, 0.15) is 12.6 Å². The van der Waals surface area contributed by atoms with Crippen LogP contribution >= 0.6 is 11.8 Å². The predicted molar refractivity (Wildman–Crippen MR) is 65.3 cm³/mol. The quantitative estimate of drug-likeness (QED) is 0.874. The first-order chi connectivity index (χ1) is 8.22. The Kier molecular flexibility index (Phi) is 3.81. The van der Waals surface area contributed by atoms with Gasteiger partial charge in [0.25, 0.3) is 0 Å². The number of hydrogen-bond acceptors (Lipinski definition) is 4. The molecule has 1 aromatic carbocycles. The lowest BCUT2D eigenvalue weighted by Gasteiger charge is -2.23. The monoisotopic (exact) mass is 251 g/mol. The van der Waals surface area contributed by atoms with Crippen LogP contribution in [0.25, 0.3) is 0 Å². The normalized spacial score (nSPS) is 18.6. The van der Waals surface area contributed by atoms with Crippen LogP contribution in [0.15, 0.2) is 29.2 Å². The van der Waals surface area contributed by atoms with Crippen LogP contribution < -0.4 is 5.32 Å². The van der Waals surface area contributed by atoms with Crippen LogP contribution in [0.3, 0.4) is 0 Å². The molecular formula is C12H13NO3S. The summed E-state index contributed by atoms with van der Waals surface area (Å²) in [6.45, 7) is -0.0178. The van der Waals surface area contributed by atoms with Crippen LogP contribution in [0.1, 0.15) is 10.4 Å². The first-order valence-corrected chi connectivity index (χ1v) is 6.25. The number of hydrogen-bond donors (Lipinski definition) is 1. The number of benzene rings is 1. The van der Waals surface area contributed by atoms with Crippen molar-refractivity contribution in [2.45, 2.75) is 10.9 Å². The molecule has 1 aromatic rings. The van der Waals surface area contributed by atoms with Crippen LogP contribution in [0, 0.1) is 0 Å². The molecule has 1 atom stereocenters. The summed E-state index contributed by atoms with van der Waals surface area (Å²) in [5.74, 6) is 0.292. The van der Waals surface area contributed by atoms with Gasteiger partial charge in [-0.1, -0.05) is 18.2 Å². The van der Waals surface area contributed by atoms with Crippen molar-refractivity contribution in [3.63, 3.8) is 0 Å². The van der Waals surface area contributed by atoms with Crippen molar-refractivity contribution in [1.29, 1.82) is 0 Å². The fourth-order valence-corrected chi connectivity index (χ4v) is 2.79. The number of Topliss-reactive ketones (excluding diaryl/α,β-unsaturated/α-hetero) is 1. The minimum absolute atomic E-state index is 0.0178. The Morgan fingerprint density at radius 2 is 2.29 bits per heavy atom. The Bertz CT molecular complexity index is 447. The van der Waals surface area contributed by atoms with Crippen molar-refractivity contribution >= 4 is 23.5 Å². The predicted octanol–water partition coefficient (Wildman–Crippen LogP) is 1.11. The SMILES string of the molecule is COCC(=O)NC1CSc2ccccc2C1=O. The second-order valence-electron chi connectivity index (χ2n) is 3.72. The number of amides is 1. The van der Waals surface area contributed by atoms with Gasteiger partial charge in [-0.05, 0) is 6.07 Å². The van der Waals surface area contributed by atoms with Crippen LogP contribution in [0.5, 0.6) is 0 Å². The fraction of sp³-hybridized carbons (Fsp3) is 0.333. The molecule has 0 bridgehead atoms. The molecule has 0 aliphatic carbocycles. The summed E-state index contributed by atoms with van der Waals surface area (Å²) in [5.41, 5.74) is 0.687. The van der Waals surface area contributed by atoms with Crippen molar-refractivity contribution in [1.82, 2.24) is 5.32 Å². The molecule has 0 radical (unpaired) electrons. The molecule has 0 saturated heterocycles. The maximum atomic E-state index is 12.1. The van der Waals surface area contributed by atoms with E-state index in [9.17, 15) is 9.59 Å². The molecule has 2 rings (SSSR count). The molecule has 5 heteroatoms. The first-order valence-electron chi connectivity index (χ1n) is 5.26. The van der Waals surface area contributed by atoms with Gasteiger partial charge in [-0.15, -0.1) is 11.8 Å². The number of methoxy groups -OCH3 is 1. The van der Waals surface area contributed by atoms with Gasteiger partial charge in [-0.2, -0.15) is 0 Å². The molecule has 1 aliphatic heterocycles. The number of thioether (sulfide) groups is 1. The first kappa shape index (κ1) is 12.1. The lowest BCUT2D eigenvalue weighted by Crippen LogP contribution is -2.45. The summed E-state index contributed by atoms with van der Waals surface area (Å²) in [4.78, 5) is 24.4. The number of fused-ring (bicyclic) bond motifs is 1. The zero-order chi connectivity index (χ0) is 12.3. The van der Waals surface area contributed by atoms with Crippen LogP contribution in [-0.4, -0.2) is 37.2 Å². The minimum atomic E-state index is -0.447. The zero-order valence-corrected chi connectivity index (χ0v) is 10.3. The second-order valence-corrected chi connectivity index (χ2v) is 4.79. The third-order valence-corrected chi connectivity index (χ3v) is 3.65. The average Bonchev–Trinajstić information content (AvgIpc) is 2.33. The Labute approximate surface area is 104 Å². The smallest absolute Gasteiger partial charge is 0.246 e. The van der Waals surface area contributed by atoms with E-state index in [1.165, 1.54) is 7.11 Å². The highest BCUT2D eigenvalue weighted by Gasteiger charge is 2.28. The van der Waals surface area contributed by atoms with E-state index in [1.807, 2.05) is 18.2 Å². The number of ether oxygens (including phenoxy) is 1. The molecule has 90 valence electrons. The van der Waals surface area contributed by atoms with E-state index in [1.54, 1.807) is 17.8 Å². The summed E-state index contributed by atoms with van der Waals surface area (Å²) >= 11 is 1.58. The Morgan fingerprint density at radius 1 is 1.53 bits per heavy atom. The van der Waals surface area contributed by atoms with E-state index in [2.05, 4.69) is 5.32 Å². The van der Waals surface area contributed by atoms with Gasteiger partial charge in [0, 0.05) is 23.3 Å². The molecule has 0 spiro atoms. The molecule has 0 saturated carbocycles. The standard InChI is InChI=1S/C12H13NO3S/c1-16-6-11(14)13-9-7-17-10-5-3-2-4-8(10)12(9)15/h2-5,9H,6-7H2,1H3,(H,13,14). The Morgan fingerprint density at radius 3 is 3.06 bits per heavy atom. The number of rotatable bonds is 3. The largest absolute Gasteiger partial charge is 0.375 e. The summed E-state index contributed by atoms with van der Waals surface area (Å²) in [6.07, 6.45) is 0. The third-order valence-electron chi connectivity index (χ3n) is 2.49. The third kappa shape index (κ3) is 2.68. The number of ketones is 1. The van der Waals surface area contributed by atoms with Gasteiger partial charge in [0.2, 0.25) is 5.91 Å². The van der Waals surface area contributed by atoms with E-state index in [0.717, 1.165) is 4.90 Å². The fourth-order valence-electron chi connectivity index (χ4n) is 1.71. The van der Waals surface area contributed by atoms with Gasteiger partial charge < -0.3 is 10.1 Å². The molecule has 0 fully saturated rings. The molecule has 1 N–H and O–H groups in total. The highest BCUT2D eigenvalue weighted by molar-refractivity contribution is 7.99. The number of nitrogens with one attached hydrogen (secondary N) is 1. The highest BCUT2D eigenvalue weighted by Crippen LogP contribution is 2.29. The second kappa shape index (κ2) is 5.33. The van der Waals surface area contributed by atoms with Gasteiger partial charge in [0.05, 0.1) is 0 Å². The maximum Gasteiger partial charge on any atom is 0.246 e. The van der Waals surface area contributed by atoms with Crippen LogP contribution in [0.2, 0.25) is 0 Å². The van der Waals surface area contributed by atoms with Crippen molar-refractivity contribution in [2.24, 2.45) is 0 Å². The summed E-state index contributed by atoms with van der Waals surface area (Å²) in [6, 6.07) is 7.00. The van der Waals surface area contributed by atoms with E-state index >= 15 is 0 Å². The van der Waals surface area contributed by atoms with E-state index < -0.39 is 6.04 Å². The molecule has 1 heterocycles. The van der Waals surface area contributed by atoms with Crippen molar-refractivity contribution < 1.29 is 14.3 Å². The van der Waals surface area contributed by atoms with Gasteiger partial charge in [0.15, 0.2) is 5.78 Å². The molecule has 1 unspecified atom stereocenters. The minimum Gasteiger partial charge on any atom is -0.375 e. The molecule has 17 heavy (non-hydrogen) atoms. The van der Waals surface area contributed by atoms with Gasteiger partial charge >= 0.3 is 0 Å². The van der Waals surface area contributed by atoms with Crippen molar-refractivity contribution in [3.8, 4) is 0 Å². The number of carbonyl (C=O) groups is 2. The number of carbonyl (C=O) groups excluding carboxylic acids is 2. The van der Waals surface area contributed by atoms with E-state index in [0.29, 0.717) is 11.3 Å². The van der Waals surface area contributed by atoms with Gasteiger partial charge in [-0.3, -0.25) is 9.59 Å².